The lowest BCUT2D eigenvalue weighted by atomic mass is 9.91. The number of hydrogen-bond acceptors (Lipinski definition) is 5. The number of anilines is 2. The first kappa shape index (κ1) is 33.0. The largest absolute Gasteiger partial charge is 0.456 e. The molecule has 0 saturated heterocycles. The quantitative estimate of drug-likeness (QED) is 0.164. The number of furan rings is 1. The fourth-order valence-electron chi connectivity index (χ4n) is 9.12. The standard InChI is InChI=1S/C52H35N4OS/c1-55-51(33-15-6-3-7-16-33)53-50(32-13-4-2-5-14-32)54-52(55)41-20-12-19-40-43-30-35(24-28-48(43)58-49(40)41)34-23-27-46-42(29-34)39-26-25-36(31-47(39)57-46)56-44-21-10-8-17-37(44)38-18-9-11-22-45(38)56/h2-31,37,44H,1H3/q+1. The van der Waals surface area contributed by atoms with Gasteiger partial charge in [-0.05, 0) is 89.5 Å². The first-order valence-corrected chi connectivity index (χ1v) is 20.5. The summed E-state index contributed by atoms with van der Waals surface area (Å²) in [6.45, 7) is 0. The molecule has 3 aromatic heterocycles. The van der Waals surface area contributed by atoms with Crippen molar-refractivity contribution in [2.45, 2.75) is 12.0 Å². The normalized spacial score (nSPS) is 15.8. The molecule has 0 fully saturated rings. The molecule has 0 radical (unpaired) electrons. The molecule has 1 aliphatic carbocycles. The summed E-state index contributed by atoms with van der Waals surface area (Å²) in [5, 5.41) is 4.70. The van der Waals surface area contributed by atoms with Crippen molar-refractivity contribution in [1.82, 2.24) is 9.97 Å². The molecule has 2 aliphatic rings. The Labute approximate surface area is 339 Å². The van der Waals surface area contributed by atoms with Crippen LogP contribution in [-0.2, 0) is 7.05 Å². The highest BCUT2D eigenvalue weighted by atomic mass is 32.1. The van der Waals surface area contributed by atoms with E-state index in [2.05, 4.69) is 174 Å². The summed E-state index contributed by atoms with van der Waals surface area (Å²) in [6.07, 6.45) is 8.97. The van der Waals surface area contributed by atoms with Gasteiger partial charge in [-0.1, -0.05) is 113 Å². The van der Waals surface area contributed by atoms with Crippen molar-refractivity contribution in [3.05, 3.63) is 188 Å². The first-order valence-electron chi connectivity index (χ1n) is 19.7. The molecule has 10 aromatic rings. The number of para-hydroxylation sites is 1. The molecule has 0 bridgehead atoms. The number of fused-ring (bicyclic) bond motifs is 9. The lowest BCUT2D eigenvalue weighted by Gasteiger charge is -2.28. The van der Waals surface area contributed by atoms with E-state index in [1.165, 1.54) is 37.0 Å². The monoisotopic (exact) mass is 763 g/mol. The Morgan fingerprint density at radius 1 is 0.569 bits per heavy atom. The van der Waals surface area contributed by atoms with Gasteiger partial charge in [0.25, 0.3) is 11.6 Å². The second-order valence-electron chi connectivity index (χ2n) is 15.2. The van der Waals surface area contributed by atoms with Crippen LogP contribution in [0.1, 0.15) is 11.5 Å². The molecule has 58 heavy (non-hydrogen) atoms. The van der Waals surface area contributed by atoms with Crippen LogP contribution in [0.25, 0.3) is 87.4 Å². The number of hydrogen-bond donors (Lipinski definition) is 0. The van der Waals surface area contributed by atoms with E-state index in [1.54, 1.807) is 0 Å². The van der Waals surface area contributed by atoms with Crippen molar-refractivity contribution in [2.75, 3.05) is 4.90 Å². The van der Waals surface area contributed by atoms with Gasteiger partial charge in [-0.3, -0.25) is 0 Å². The van der Waals surface area contributed by atoms with Crippen LogP contribution in [0.3, 0.4) is 0 Å². The van der Waals surface area contributed by atoms with Crippen molar-refractivity contribution >= 4 is 64.8 Å². The van der Waals surface area contributed by atoms with E-state index < -0.39 is 0 Å². The SMILES string of the molecule is C[n+]1c(-c2ccccc2)nc(-c2ccccc2)nc1-c1cccc2c1sc1ccc(-c3ccc4oc5cc(N6c7ccccc7C7C=CC=CC76)ccc5c4c3)cc12. The van der Waals surface area contributed by atoms with Gasteiger partial charge >= 0.3 is 5.82 Å². The third-order valence-corrected chi connectivity index (χ3v) is 13.1. The van der Waals surface area contributed by atoms with E-state index in [4.69, 9.17) is 14.4 Å². The number of benzene rings is 7. The van der Waals surface area contributed by atoms with Gasteiger partial charge in [0.15, 0.2) is 0 Å². The van der Waals surface area contributed by atoms with Gasteiger partial charge in [-0.15, -0.1) is 11.3 Å². The molecular formula is C52H35N4OS+. The maximum absolute atomic E-state index is 6.55. The van der Waals surface area contributed by atoms with Crippen LogP contribution in [0.2, 0.25) is 0 Å². The zero-order chi connectivity index (χ0) is 38.3. The minimum atomic E-state index is 0.247. The summed E-state index contributed by atoms with van der Waals surface area (Å²) in [5.74, 6) is 2.80. The van der Waals surface area contributed by atoms with Gasteiger partial charge < -0.3 is 9.32 Å². The molecule has 7 aromatic carbocycles. The summed E-state index contributed by atoms with van der Waals surface area (Å²) in [7, 11) is 2.07. The predicted octanol–water partition coefficient (Wildman–Crippen LogP) is 13.0. The maximum atomic E-state index is 6.55. The second-order valence-corrected chi connectivity index (χ2v) is 16.2. The van der Waals surface area contributed by atoms with Gasteiger partial charge in [0.05, 0.1) is 29.8 Å². The minimum Gasteiger partial charge on any atom is -0.456 e. The molecule has 2 atom stereocenters. The van der Waals surface area contributed by atoms with Crippen molar-refractivity contribution < 1.29 is 8.98 Å². The van der Waals surface area contributed by atoms with Crippen LogP contribution < -0.4 is 9.47 Å². The van der Waals surface area contributed by atoms with Crippen molar-refractivity contribution in [1.29, 1.82) is 0 Å². The molecule has 0 saturated carbocycles. The summed E-state index contributed by atoms with van der Waals surface area (Å²) in [6, 6.07) is 56.4. The zero-order valence-corrected chi connectivity index (χ0v) is 32.4. The topological polar surface area (TPSA) is 46.0 Å². The molecule has 0 N–H and O–H groups in total. The smallest absolute Gasteiger partial charge is 0.308 e. The van der Waals surface area contributed by atoms with Gasteiger partial charge in [0.2, 0.25) is 0 Å². The van der Waals surface area contributed by atoms with E-state index in [-0.39, 0.29) is 6.04 Å². The molecule has 0 spiro atoms. The average Bonchev–Trinajstić information content (AvgIpc) is 3.96. The molecule has 6 heteroatoms. The Bertz CT molecular complexity index is 3330. The highest BCUT2D eigenvalue weighted by Crippen LogP contribution is 2.48. The van der Waals surface area contributed by atoms with Crippen LogP contribution in [-0.4, -0.2) is 16.0 Å². The van der Waals surface area contributed by atoms with Crippen molar-refractivity contribution in [2.24, 2.45) is 7.05 Å². The lowest BCUT2D eigenvalue weighted by molar-refractivity contribution is -0.654. The Balaban J connectivity index is 0.946. The number of nitrogens with zero attached hydrogens (tertiary/aromatic N) is 4. The van der Waals surface area contributed by atoms with E-state index in [1.807, 2.05) is 35.6 Å². The predicted molar refractivity (Wildman–Crippen MR) is 239 cm³/mol. The summed E-state index contributed by atoms with van der Waals surface area (Å²) in [5.41, 5.74) is 11.0. The van der Waals surface area contributed by atoms with Crippen molar-refractivity contribution in [3.8, 4) is 45.3 Å². The molecule has 4 heterocycles. The Hall–Kier alpha value is -7.15. The van der Waals surface area contributed by atoms with Crippen LogP contribution in [0.4, 0.5) is 11.4 Å². The summed E-state index contributed by atoms with van der Waals surface area (Å²) >= 11 is 1.82. The van der Waals surface area contributed by atoms with Gasteiger partial charge in [-0.25, -0.2) is 4.57 Å². The van der Waals surface area contributed by atoms with E-state index in [9.17, 15) is 0 Å². The summed E-state index contributed by atoms with van der Waals surface area (Å²) in [4.78, 5) is 12.8. The minimum absolute atomic E-state index is 0.247. The maximum Gasteiger partial charge on any atom is 0.308 e. The number of aromatic nitrogens is 3. The number of allylic oxidation sites excluding steroid dienone is 2. The zero-order valence-electron chi connectivity index (χ0n) is 31.6. The Morgan fingerprint density at radius 3 is 2.17 bits per heavy atom. The lowest BCUT2D eigenvalue weighted by Crippen LogP contribution is -2.36. The van der Waals surface area contributed by atoms with Crippen LogP contribution in [0.15, 0.2) is 186 Å². The Kier molecular flexibility index (Phi) is 7.37. The molecule has 0 amide bonds. The van der Waals surface area contributed by atoms with Gasteiger partial charge in [0.1, 0.15) is 11.2 Å². The fraction of sp³-hybridized carbons (Fsp3) is 0.0577. The van der Waals surface area contributed by atoms with Crippen LogP contribution in [0, 0.1) is 0 Å². The fourth-order valence-corrected chi connectivity index (χ4v) is 10.3. The van der Waals surface area contributed by atoms with E-state index >= 15 is 0 Å². The van der Waals surface area contributed by atoms with Gasteiger partial charge in [-0.2, -0.15) is 0 Å². The Morgan fingerprint density at radius 2 is 1.31 bits per heavy atom. The second kappa shape index (κ2) is 12.9. The van der Waals surface area contributed by atoms with Crippen molar-refractivity contribution in [3.63, 3.8) is 0 Å². The number of rotatable bonds is 5. The van der Waals surface area contributed by atoms with E-state index in [0.29, 0.717) is 11.7 Å². The molecule has 274 valence electrons. The summed E-state index contributed by atoms with van der Waals surface area (Å²) < 4.78 is 11.1. The third kappa shape index (κ3) is 5.12. The average molecular weight is 764 g/mol. The molecule has 12 rings (SSSR count). The first-order chi connectivity index (χ1) is 28.7. The highest BCUT2D eigenvalue weighted by molar-refractivity contribution is 7.26. The van der Waals surface area contributed by atoms with E-state index in [0.717, 1.165) is 61.5 Å². The van der Waals surface area contributed by atoms with Crippen LogP contribution >= 0.6 is 11.3 Å². The molecule has 2 unspecified atom stereocenters. The third-order valence-electron chi connectivity index (χ3n) is 11.9. The molecular weight excluding hydrogens is 729 g/mol. The number of thiophene rings is 1. The highest BCUT2D eigenvalue weighted by Gasteiger charge is 2.37. The van der Waals surface area contributed by atoms with Crippen LogP contribution in [0.5, 0.6) is 0 Å². The molecule has 1 aliphatic heterocycles. The van der Waals surface area contributed by atoms with Gasteiger partial charge in [0, 0.05) is 54.3 Å². The molecule has 5 nitrogen and oxygen atoms in total.